The summed E-state index contributed by atoms with van der Waals surface area (Å²) in [7, 11) is 0. The van der Waals surface area contributed by atoms with Crippen molar-refractivity contribution in [1.82, 2.24) is 0 Å². The molecule has 0 radical (unpaired) electrons. The Morgan fingerprint density at radius 2 is 1.92 bits per heavy atom. The minimum atomic E-state index is 0.704. The van der Waals surface area contributed by atoms with Gasteiger partial charge in [0.2, 0.25) is 0 Å². The minimum absolute atomic E-state index is 0.704. The second-order valence-corrected chi connectivity index (χ2v) is 2.57. The first-order valence-electron chi connectivity index (χ1n) is 3.53. The summed E-state index contributed by atoms with van der Waals surface area (Å²) in [5, 5.41) is 0.704. The van der Waals surface area contributed by atoms with Gasteiger partial charge in [0.1, 0.15) is 5.75 Å². The highest BCUT2D eigenvalue weighted by Crippen LogP contribution is 2.15. The van der Waals surface area contributed by atoms with E-state index in [1.54, 1.807) is 42.7 Å². The summed E-state index contributed by atoms with van der Waals surface area (Å²) < 4.78 is 5.19. The van der Waals surface area contributed by atoms with Crippen LogP contribution >= 0.6 is 11.6 Å². The number of hydrogen-bond acceptors (Lipinski definition) is 1. The van der Waals surface area contributed by atoms with E-state index in [-0.39, 0.29) is 0 Å². The second kappa shape index (κ2) is 4.62. The van der Waals surface area contributed by atoms with Crippen molar-refractivity contribution < 1.29 is 4.74 Å². The van der Waals surface area contributed by atoms with E-state index < -0.39 is 0 Å². The van der Waals surface area contributed by atoms with Crippen molar-refractivity contribution in [2.24, 2.45) is 0 Å². The summed E-state index contributed by atoms with van der Waals surface area (Å²) in [4.78, 5) is 0. The van der Waals surface area contributed by atoms with Gasteiger partial charge in [-0.2, -0.15) is 0 Å². The van der Waals surface area contributed by atoms with Crippen LogP contribution in [0.1, 0.15) is 0 Å². The highest BCUT2D eigenvalue weighted by Gasteiger charge is 1.89. The fraction of sp³-hybridized carbons (Fsp3) is 0. The molecule has 12 heavy (non-hydrogen) atoms. The summed E-state index contributed by atoms with van der Waals surface area (Å²) in [6.07, 6.45) is 4.93. The van der Waals surface area contributed by atoms with Gasteiger partial charge in [-0.05, 0) is 30.3 Å². The fourth-order valence-electron chi connectivity index (χ4n) is 0.687. The van der Waals surface area contributed by atoms with Crippen LogP contribution in [0.2, 0.25) is 5.02 Å². The molecule has 0 atom stereocenters. The van der Waals surface area contributed by atoms with Gasteiger partial charge in [0, 0.05) is 5.02 Å². The maximum Gasteiger partial charge on any atom is 0.126 e. The molecule has 0 bridgehead atoms. The molecular weight excluding hydrogens is 172 g/mol. The van der Waals surface area contributed by atoms with Crippen LogP contribution in [0.3, 0.4) is 0 Å². The smallest absolute Gasteiger partial charge is 0.126 e. The normalized spacial score (nSPS) is 10.1. The van der Waals surface area contributed by atoms with Crippen LogP contribution in [0, 0.1) is 0 Å². The van der Waals surface area contributed by atoms with Crippen molar-refractivity contribution >= 4 is 11.6 Å². The van der Waals surface area contributed by atoms with Gasteiger partial charge >= 0.3 is 0 Å². The summed E-state index contributed by atoms with van der Waals surface area (Å²) in [5.74, 6) is 0.762. The van der Waals surface area contributed by atoms with Gasteiger partial charge in [-0.3, -0.25) is 0 Å². The second-order valence-electron chi connectivity index (χ2n) is 2.14. The Morgan fingerprint density at radius 3 is 2.50 bits per heavy atom. The Balaban J connectivity index is 2.58. The minimum Gasteiger partial charge on any atom is -0.465 e. The Morgan fingerprint density at radius 1 is 1.25 bits per heavy atom. The molecule has 0 aliphatic rings. The first-order chi connectivity index (χ1) is 5.83. The molecule has 0 saturated heterocycles. The largest absolute Gasteiger partial charge is 0.465 e. The monoisotopic (exact) mass is 180 g/mol. The molecule has 1 rings (SSSR count). The van der Waals surface area contributed by atoms with Crippen molar-refractivity contribution in [1.29, 1.82) is 0 Å². The fourth-order valence-corrected chi connectivity index (χ4v) is 0.813. The first kappa shape index (κ1) is 8.88. The molecule has 0 aliphatic carbocycles. The lowest BCUT2D eigenvalue weighted by atomic mass is 10.3. The highest BCUT2D eigenvalue weighted by atomic mass is 35.5. The predicted molar refractivity (Wildman–Crippen MR) is 51.4 cm³/mol. The molecule has 2 heteroatoms. The van der Waals surface area contributed by atoms with Gasteiger partial charge in [-0.1, -0.05) is 24.3 Å². The lowest BCUT2D eigenvalue weighted by Crippen LogP contribution is -1.79. The number of benzene rings is 1. The molecule has 1 aromatic rings. The lowest BCUT2D eigenvalue weighted by Gasteiger charge is -1.97. The molecular formula is C10H9ClO. The van der Waals surface area contributed by atoms with E-state index in [4.69, 9.17) is 16.3 Å². The third-order valence-electron chi connectivity index (χ3n) is 1.23. The topological polar surface area (TPSA) is 9.23 Å². The molecule has 0 saturated carbocycles. The van der Waals surface area contributed by atoms with E-state index in [0.29, 0.717) is 5.02 Å². The lowest BCUT2D eigenvalue weighted by molar-refractivity contribution is 0.481. The zero-order valence-corrected chi connectivity index (χ0v) is 7.29. The summed E-state index contributed by atoms with van der Waals surface area (Å²) >= 11 is 5.68. The number of ether oxygens (including phenoxy) is 1. The van der Waals surface area contributed by atoms with Gasteiger partial charge in [-0.15, -0.1) is 0 Å². The van der Waals surface area contributed by atoms with Gasteiger partial charge in [0.25, 0.3) is 0 Å². The molecule has 0 fully saturated rings. The van der Waals surface area contributed by atoms with Gasteiger partial charge < -0.3 is 4.74 Å². The van der Waals surface area contributed by atoms with E-state index >= 15 is 0 Å². The summed E-state index contributed by atoms with van der Waals surface area (Å²) in [6, 6.07) is 7.16. The third-order valence-corrected chi connectivity index (χ3v) is 1.48. The maximum absolute atomic E-state index is 5.68. The summed E-state index contributed by atoms with van der Waals surface area (Å²) in [6.45, 7) is 3.52. The average molecular weight is 181 g/mol. The van der Waals surface area contributed by atoms with Crippen LogP contribution < -0.4 is 4.74 Å². The Labute approximate surface area is 76.9 Å². The van der Waals surface area contributed by atoms with E-state index in [1.807, 2.05) is 0 Å². The number of allylic oxidation sites excluding steroid dienone is 2. The maximum atomic E-state index is 5.68. The molecule has 0 N–H and O–H groups in total. The predicted octanol–water partition coefficient (Wildman–Crippen LogP) is 3.42. The molecule has 0 heterocycles. The van der Waals surface area contributed by atoms with E-state index in [9.17, 15) is 0 Å². The van der Waals surface area contributed by atoms with E-state index in [0.717, 1.165) is 5.75 Å². The van der Waals surface area contributed by atoms with Crippen LogP contribution in [-0.2, 0) is 0 Å². The third kappa shape index (κ3) is 2.81. The molecule has 0 aliphatic heterocycles. The number of halogens is 1. The molecule has 0 spiro atoms. The molecule has 0 amide bonds. The SMILES string of the molecule is C=C/C=C/Oc1ccc(Cl)cc1. The zero-order chi connectivity index (χ0) is 8.81. The Kier molecular flexibility index (Phi) is 3.42. The molecule has 1 nitrogen and oxygen atoms in total. The molecule has 0 aromatic heterocycles. The van der Waals surface area contributed by atoms with Crippen molar-refractivity contribution in [2.45, 2.75) is 0 Å². The first-order valence-corrected chi connectivity index (χ1v) is 3.90. The Hall–Kier alpha value is -1.21. The Bertz CT molecular complexity index is 274. The van der Waals surface area contributed by atoms with Crippen LogP contribution in [0.5, 0.6) is 5.75 Å². The van der Waals surface area contributed by atoms with Crippen LogP contribution in [0.25, 0.3) is 0 Å². The molecule has 0 unspecified atom stereocenters. The van der Waals surface area contributed by atoms with Crippen LogP contribution in [0.15, 0.2) is 49.3 Å². The van der Waals surface area contributed by atoms with Gasteiger partial charge in [0.05, 0.1) is 6.26 Å². The van der Waals surface area contributed by atoms with Crippen molar-refractivity contribution in [3.8, 4) is 5.75 Å². The molecule has 62 valence electrons. The van der Waals surface area contributed by atoms with Gasteiger partial charge in [0.15, 0.2) is 0 Å². The van der Waals surface area contributed by atoms with Crippen LogP contribution in [0.4, 0.5) is 0 Å². The zero-order valence-electron chi connectivity index (χ0n) is 6.53. The van der Waals surface area contributed by atoms with Crippen molar-refractivity contribution in [2.75, 3.05) is 0 Å². The molecule has 1 aromatic carbocycles. The van der Waals surface area contributed by atoms with Crippen LogP contribution in [-0.4, -0.2) is 0 Å². The van der Waals surface area contributed by atoms with Crippen molar-refractivity contribution in [3.05, 3.63) is 54.3 Å². The van der Waals surface area contributed by atoms with Gasteiger partial charge in [-0.25, -0.2) is 0 Å². The summed E-state index contributed by atoms with van der Waals surface area (Å²) in [5.41, 5.74) is 0. The van der Waals surface area contributed by atoms with Crippen molar-refractivity contribution in [3.63, 3.8) is 0 Å². The average Bonchev–Trinajstić information content (AvgIpc) is 2.09. The number of rotatable bonds is 3. The standard InChI is InChI=1S/C10H9ClO/c1-2-3-8-12-10-6-4-9(11)5-7-10/h2-8H,1H2/b8-3+. The highest BCUT2D eigenvalue weighted by molar-refractivity contribution is 6.30. The number of hydrogen-bond donors (Lipinski definition) is 0. The van der Waals surface area contributed by atoms with E-state index in [1.165, 1.54) is 0 Å². The quantitative estimate of drug-likeness (QED) is 0.512. The van der Waals surface area contributed by atoms with E-state index in [2.05, 4.69) is 6.58 Å².